The summed E-state index contributed by atoms with van der Waals surface area (Å²) in [4.78, 5) is 0. The molecule has 2 aromatic heterocycles. The van der Waals surface area contributed by atoms with Crippen LogP contribution in [0.4, 0.5) is 0 Å². The molecule has 2 heterocycles. The summed E-state index contributed by atoms with van der Waals surface area (Å²) in [5.41, 5.74) is 10.8. The van der Waals surface area contributed by atoms with Gasteiger partial charge in [0.2, 0.25) is 0 Å². The van der Waals surface area contributed by atoms with Crippen molar-refractivity contribution >= 4 is 65.3 Å². The first-order chi connectivity index (χ1) is 21.1. The number of para-hydroxylation sites is 1. The Morgan fingerprint density at radius 1 is 0.512 bits per heavy atom. The Morgan fingerprint density at radius 3 is 2.19 bits per heavy atom. The van der Waals surface area contributed by atoms with Crippen molar-refractivity contribution in [1.82, 2.24) is 4.57 Å². The molecule has 0 unspecified atom stereocenters. The molecule has 10 rings (SSSR count). The second-order valence-electron chi connectivity index (χ2n) is 12.5. The smallest absolute Gasteiger partial charge is 0.135 e. The Kier molecular flexibility index (Phi) is 4.29. The molecule has 0 bridgehead atoms. The minimum absolute atomic E-state index is 0.0927. The van der Waals surface area contributed by atoms with E-state index >= 15 is 0 Å². The third kappa shape index (κ3) is 2.88. The molecular weight excluding hydrogens is 522 g/mol. The lowest BCUT2D eigenvalue weighted by molar-refractivity contribution is 0.645. The van der Waals surface area contributed by atoms with Crippen molar-refractivity contribution in [3.63, 3.8) is 0 Å². The SMILES string of the molecule is CC1(C)c2ccccc2-c2c3c1cccc3cc1c2c2c3ccccc3ccc2n1-c1ccc2oc3ccccc3c2c1. The van der Waals surface area contributed by atoms with Gasteiger partial charge in [-0.05, 0) is 74.6 Å². The summed E-state index contributed by atoms with van der Waals surface area (Å²) >= 11 is 0. The van der Waals surface area contributed by atoms with Gasteiger partial charge in [0.15, 0.2) is 0 Å². The molecule has 0 amide bonds. The summed E-state index contributed by atoms with van der Waals surface area (Å²) in [5, 5.41) is 10.1. The molecule has 0 spiro atoms. The molecule has 43 heavy (non-hydrogen) atoms. The number of hydrogen-bond donors (Lipinski definition) is 0. The summed E-state index contributed by atoms with van der Waals surface area (Å²) in [5.74, 6) is 0. The highest BCUT2D eigenvalue weighted by molar-refractivity contribution is 6.30. The summed E-state index contributed by atoms with van der Waals surface area (Å²) in [6.45, 7) is 4.74. The molecule has 0 N–H and O–H groups in total. The lowest BCUT2D eigenvalue weighted by Crippen LogP contribution is -2.23. The van der Waals surface area contributed by atoms with E-state index in [1.165, 1.54) is 65.6 Å². The first-order valence-corrected chi connectivity index (χ1v) is 15.0. The standard InChI is InChI=1S/C41H27NO/c1-41(2)31-15-7-5-14-29(31)39-37-25(11-9-16-32(37)41)22-34-40(39)38-27-12-4-3-10-24(27)18-20-33(38)42(34)26-19-21-36-30(23-26)28-13-6-8-17-35(28)43-36/h3-23H,1-2H3. The minimum atomic E-state index is -0.0927. The van der Waals surface area contributed by atoms with Crippen molar-refractivity contribution in [3.05, 3.63) is 139 Å². The van der Waals surface area contributed by atoms with E-state index < -0.39 is 0 Å². The Morgan fingerprint density at radius 2 is 1.26 bits per heavy atom. The van der Waals surface area contributed by atoms with E-state index in [0.717, 1.165) is 27.6 Å². The first-order valence-electron chi connectivity index (χ1n) is 15.0. The Hall–Kier alpha value is -5.34. The largest absolute Gasteiger partial charge is 0.456 e. The molecule has 7 aromatic carbocycles. The van der Waals surface area contributed by atoms with Gasteiger partial charge < -0.3 is 8.98 Å². The molecule has 9 aromatic rings. The molecule has 0 aliphatic heterocycles. The second kappa shape index (κ2) is 7.93. The van der Waals surface area contributed by atoms with Crippen LogP contribution in [0.1, 0.15) is 25.0 Å². The molecule has 2 nitrogen and oxygen atoms in total. The van der Waals surface area contributed by atoms with Crippen LogP contribution in [0.2, 0.25) is 0 Å². The topological polar surface area (TPSA) is 18.1 Å². The summed E-state index contributed by atoms with van der Waals surface area (Å²) in [7, 11) is 0. The maximum Gasteiger partial charge on any atom is 0.135 e. The molecule has 0 radical (unpaired) electrons. The zero-order valence-corrected chi connectivity index (χ0v) is 24.0. The van der Waals surface area contributed by atoms with Gasteiger partial charge in [0.1, 0.15) is 11.2 Å². The normalized spacial score (nSPS) is 14.0. The third-order valence-electron chi connectivity index (χ3n) is 9.95. The van der Waals surface area contributed by atoms with Gasteiger partial charge in [-0.15, -0.1) is 0 Å². The van der Waals surface area contributed by atoms with E-state index in [2.05, 4.69) is 140 Å². The fraction of sp³-hybridized carbons (Fsp3) is 0.0732. The van der Waals surface area contributed by atoms with Gasteiger partial charge in [-0.2, -0.15) is 0 Å². The van der Waals surface area contributed by atoms with E-state index in [4.69, 9.17) is 4.42 Å². The lowest BCUT2D eigenvalue weighted by Gasteiger charge is -2.35. The Balaban J connectivity index is 1.46. The average Bonchev–Trinajstić information content (AvgIpc) is 3.58. The van der Waals surface area contributed by atoms with Crippen molar-refractivity contribution in [2.45, 2.75) is 19.3 Å². The molecule has 0 saturated heterocycles. The molecule has 1 aliphatic carbocycles. The van der Waals surface area contributed by atoms with Crippen LogP contribution >= 0.6 is 0 Å². The fourth-order valence-corrected chi connectivity index (χ4v) is 8.02. The summed E-state index contributed by atoms with van der Waals surface area (Å²) < 4.78 is 8.70. The van der Waals surface area contributed by atoms with Gasteiger partial charge in [-0.25, -0.2) is 0 Å². The van der Waals surface area contributed by atoms with Crippen LogP contribution < -0.4 is 0 Å². The van der Waals surface area contributed by atoms with Gasteiger partial charge in [-0.3, -0.25) is 0 Å². The van der Waals surface area contributed by atoms with Crippen molar-refractivity contribution in [3.8, 4) is 16.8 Å². The number of furan rings is 1. The summed E-state index contributed by atoms with van der Waals surface area (Å²) in [6, 6.07) is 46.7. The molecule has 1 aliphatic rings. The first kappa shape index (κ1) is 23.2. The highest BCUT2D eigenvalue weighted by Crippen LogP contribution is 2.53. The number of benzene rings is 7. The average molecular weight is 550 g/mol. The Labute approximate surface area is 248 Å². The summed E-state index contributed by atoms with van der Waals surface area (Å²) in [6.07, 6.45) is 0. The number of rotatable bonds is 1. The van der Waals surface area contributed by atoms with Crippen molar-refractivity contribution in [2.75, 3.05) is 0 Å². The van der Waals surface area contributed by atoms with Gasteiger partial charge in [-0.1, -0.05) is 105 Å². The predicted octanol–water partition coefficient (Wildman–Crippen LogP) is 11.3. The highest BCUT2D eigenvalue weighted by atomic mass is 16.3. The van der Waals surface area contributed by atoms with Gasteiger partial charge in [0, 0.05) is 38.2 Å². The molecule has 202 valence electrons. The van der Waals surface area contributed by atoms with Crippen molar-refractivity contribution < 1.29 is 4.42 Å². The van der Waals surface area contributed by atoms with Gasteiger partial charge >= 0.3 is 0 Å². The van der Waals surface area contributed by atoms with Crippen LogP contribution in [-0.2, 0) is 5.41 Å². The predicted molar refractivity (Wildman–Crippen MR) is 181 cm³/mol. The van der Waals surface area contributed by atoms with Crippen LogP contribution in [0, 0.1) is 0 Å². The van der Waals surface area contributed by atoms with E-state index in [1.807, 2.05) is 6.07 Å². The van der Waals surface area contributed by atoms with E-state index in [0.29, 0.717) is 0 Å². The van der Waals surface area contributed by atoms with E-state index in [-0.39, 0.29) is 5.41 Å². The van der Waals surface area contributed by atoms with Gasteiger partial charge in [0.05, 0.1) is 11.0 Å². The molecule has 2 heteroatoms. The zero-order valence-electron chi connectivity index (χ0n) is 24.0. The van der Waals surface area contributed by atoms with E-state index in [9.17, 15) is 0 Å². The van der Waals surface area contributed by atoms with Crippen LogP contribution in [0.25, 0.3) is 82.1 Å². The number of nitrogens with zero attached hydrogens (tertiary/aromatic N) is 1. The number of hydrogen-bond acceptors (Lipinski definition) is 1. The van der Waals surface area contributed by atoms with Crippen LogP contribution in [0.5, 0.6) is 0 Å². The molecule has 0 fully saturated rings. The monoisotopic (exact) mass is 549 g/mol. The maximum absolute atomic E-state index is 6.22. The van der Waals surface area contributed by atoms with Crippen LogP contribution in [0.3, 0.4) is 0 Å². The Bertz CT molecular complexity index is 2650. The quantitative estimate of drug-likeness (QED) is 0.199. The van der Waals surface area contributed by atoms with Crippen molar-refractivity contribution in [2.24, 2.45) is 0 Å². The van der Waals surface area contributed by atoms with Crippen LogP contribution in [0.15, 0.2) is 132 Å². The maximum atomic E-state index is 6.22. The highest BCUT2D eigenvalue weighted by Gasteiger charge is 2.35. The number of fused-ring (bicyclic) bond motifs is 11. The lowest BCUT2D eigenvalue weighted by atomic mass is 9.68. The fourth-order valence-electron chi connectivity index (χ4n) is 8.02. The molecular formula is C41H27NO. The van der Waals surface area contributed by atoms with Crippen LogP contribution in [-0.4, -0.2) is 4.57 Å². The van der Waals surface area contributed by atoms with E-state index in [1.54, 1.807) is 0 Å². The zero-order chi connectivity index (χ0) is 28.4. The van der Waals surface area contributed by atoms with Gasteiger partial charge in [0.25, 0.3) is 0 Å². The number of aromatic nitrogens is 1. The third-order valence-corrected chi connectivity index (χ3v) is 9.95. The second-order valence-corrected chi connectivity index (χ2v) is 12.5. The molecule has 0 saturated carbocycles. The minimum Gasteiger partial charge on any atom is -0.456 e. The van der Waals surface area contributed by atoms with Crippen molar-refractivity contribution in [1.29, 1.82) is 0 Å². The molecule has 0 atom stereocenters.